The van der Waals surface area contributed by atoms with E-state index in [9.17, 15) is 0 Å². The number of rotatable bonds is 0. The summed E-state index contributed by atoms with van der Waals surface area (Å²) in [7, 11) is 0. The van der Waals surface area contributed by atoms with Crippen LogP contribution < -0.4 is 0 Å². The maximum absolute atomic E-state index is 9.01. The van der Waals surface area contributed by atoms with Crippen molar-refractivity contribution in [2.45, 2.75) is 24.7 Å². The molecule has 2 heteroatoms. The molecule has 0 aromatic heterocycles. The zero-order valence-corrected chi connectivity index (χ0v) is 4.45. The van der Waals surface area contributed by atoms with E-state index >= 15 is 0 Å². The summed E-state index contributed by atoms with van der Waals surface area (Å²) in [6.07, 6.45) is 4.91. The van der Waals surface area contributed by atoms with Crippen molar-refractivity contribution in [1.29, 1.82) is 0 Å². The molecule has 0 aromatic carbocycles. The van der Waals surface area contributed by atoms with E-state index in [4.69, 9.17) is 9.84 Å². The fourth-order valence-electron chi connectivity index (χ4n) is 1.11. The molecule has 0 aromatic rings. The number of ether oxygens (including phenoxy) is 1. The smallest absolute Gasteiger partial charge is 0.114 e. The number of aliphatic hydroxyl groups excluding tert-OH is 1. The molecule has 2 aliphatic rings. The first-order chi connectivity index (χ1) is 3.88. The Morgan fingerprint density at radius 2 is 2.50 bits per heavy atom. The van der Waals surface area contributed by atoms with Crippen molar-refractivity contribution < 1.29 is 9.84 Å². The van der Waals surface area contributed by atoms with Crippen molar-refractivity contribution >= 4 is 0 Å². The van der Waals surface area contributed by atoms with Crippen LogP contribution in [0.2, 0.25) is 0 Å². The van der Waals surface area contributed by atoms with Crippen molar-refractivity contribution in [3.05, 3.63) is 12.2 Å². The standard InChI is InChI=1S/C6H8O2/c7-4-2-1-3-5-6(4)8-5/h1-2,4-7H,3H2/t4-,5+,6-/m0/s1. The van der Waals surface area contributed by atoms with Crippen molar-refractivity contribution in [3.8, 4) is 0 Å². The average Bonchev–Trinajstić information content (AvgIpc) is 2.45. The molecule has 1 fully saturated rings. The van der Waals surface area contributed by atoms with Crippen molar-refractivity contribution in [2.75, 3.05) is 0 Å². The minimum absolute atomic E-state index is 0.139. The fraction of sp³-hybridized carbons (Fsp3) is 0.667. The highest BCUT2D eigenvalue weighted by molar-refractivity contribution is 5.09. The van der Waals surface area contributed by atoms with Gasteiger partial charge in [-0.3, -0.25) is 0 Å². The van der Waals surface area contributed by atoms with Crippen LogP contribution in [0.25, 0.3) is 0 Å². The van der Waals surface area contributed by atoms with E-state index in [-0.39, 0.29) is 12.2 Å². The topological polar surface area (TPSA) is 32.8 Å². The summed E-state index contributed by atoms with van der Waals surface area (Å²) in [5, 5.41) is 9.01. The maximum Gasteiger partial charge on any atom is 0.114 e. The monoisotopic (exact) mass is 112 g/mol. The summed E-state index contributed by atoms with van der Waals surface area (Å²) in [4.78, 5) is 0. The summed E-state index contributed by atoms with van der Waals surface area (Å²) in [6.45, 7) is 0. The van der Waals surface area contributed by atoms with Crippen molar-refractivity contribution in [1.82, 2.24) is 0 Å². The van der Waals surface area contributed by atoms with Gasteiger partial charge in [-0.1, -0.05) is 12.2 Å². The Balaban J connectivity index is 2.13. The molecule has 0 saturated carbocycles. The van der Waals surface area contributed by atoms with Gasteiger partial charge in [0.05, 0.1) is 6.10 Å². The van der Waals surface area contributed by atoms with Crippen LogP contribution in [0.15, 0.2) is 12.2 Å². The molecule has 3 atom stereocenters. The van der Waals surface area contributed by atoms with Gasteiger partial charge in [0.15, 0.2) is 0 Å². The summed E-state index contributed by atoms with van der Waals surface area (Å²) in [6, 6.07) is 0. The lowest BCUT2D eigenvalue weighted by molar-refractivity contribution is 0.178. The zero-order chi connectivity index (χ0) is 5.56. The predicted molar refractivity (Wildman–Crippen MR) is 28.4 cm³/mol. The van der Waals surface area contributed by atoms with Crippen LogP contribution in [0.4, 0.5) is 0 Å². The van der Waals surface area contributed by atoms with Gasteiger partial charge in [0.25, 0.3) is 0 Å². The van der Waals surface area contributed by atoms with Gasteiger partial charge in [-0.25, -0.2) is 0 Å². The Labute approximate surface area is 47.8 Å². The molecule has 1 aliphatic carbocycles. The lowest BCUT2D eigenvalue weighted by Gasteiger charge is -2.02. The fourth-order valence-corrected chi connectivity index (χ4v) is 1.11. The third-order valence-corrected chi connectivity index (χ3v) is 1.66. The second kappa shape index (κ2) is 1.33. The minimum atomic E-state index is -0.325. The summed E-state index contributed by atoms with van der Waals surface area (Å²) in [5.74, 6) is 0. The molecule has 1 aliphatic heterocycles. The highest BCUT2D eigenvalue weighted by Crippen LogP contribution is 2.32. The molecular weight excluding hydrogens is 104 g/mol. The number of fused-ring (bicyclic) bond motifs is 1. The van der Waals surface area contributed by atoms with Gasteiger partial charge in [-0.2, -0.15) is 0 Å². The Bertz CT molecular complexity index is 130. The van der Waals surface area contributed by atoms with Crippen LogP contribution in [0.5, 0.6) is 0 Å². The number of epoxide rings is 1. The largest absolute Gasteiger partial charge is 0.386 e. The molecule has 0 unspecified atom stereocenters. The number of aliphatic hydroxyl groups is 1. The van der Waals surface area contributed by atoms with Crippen LogP contribution in [0.3, 0.4) is 0 Å². The van der Waals surface area contributed by atoms with Crippen LogP contribution in [0, 0.1) is 0 Å². The van der Waals surface area contributed by atoms with Crippen molar-refractivity contribution in [3.63, 3.8) is 0 Å². The van der Waals surface area contributed by atoms with E-state index in [2.05, 4.69) is 0 Å². The first kappa shape index (κ1) is 4.53. The first-order valence-electron chi connectivity index (χ1n) is 2.88. The van der Waals surface area contributed by atoms with Crippen LogP contribution in [-0.2, 0) is 4.74 Å². The highest BCUT2D eigenvalue weighted by Gasteiger charge is 2.44. The van der Waals surface area contributed by atoms with Gasteiger partial charge in [-0.15, -0.1) is 0 Å². The number of hydrogen-bond donors (Lipinski definition) is 1. The lowest BCUT2D eigenvalue weighted by Crippen LogP contribution is -2.16. The summed E-state index contributed by atoms with van der Waals surface area (Å²) in [5.41, 5.74) is 0. The molecule has 8 heavy (non-hydrogen) atoms. The van der Waals surface area contributed by atoms with E-state index in [1.54, 1.807) is 6.08 Å². The zero-order valence-electron chi connectivity index (χ0n) is 4.45. The summed E-state index contributed by atoms with van der Waals surface area (Å²) < 4.78 is 5.08. The van der Waals surface area contributed by atoms with E-state index in [0.717, 1.165) is 6.42 Å². The van der Waals surface area contributed by atoms with Gasteiger partial charge < -0.3 is 9.84 Å². The average molecular weight is 112 g/mol. The molecule has 2 rings (SSSR count). The SMILES string of the molecule is O[C@H]1C=CC[C@H]2O[C@@H]12. The quantitative estimate of drug-likeness (QED) is 0.355. The normalized spacial score (nSPS) is 50.9. The van der Waals surface area contributed by atoms with Crippen LogP contribution in [0.1, 0.15) is 6.42 Å². The highest BCUT2D eigenvalue weighted by atomic mass is 16.6. The second-order valence-electron chi connectivity index (χ2n) is 2.29. The first-order valence-corrected chi connectivity index (χ1v) is 2.88. The van der Waals surface area contributed by atoms with Crippen molar-refractivity contribution in [2.24, 2.45) is 0 Å². The van der Waals surface area contributed by atoms with Gasteiger partial charge in [0.1, 0.15) is 12.2 Å². The maximum atomic E-state index is 9.01. The Kier molecular flexibility index (Phi) is 0.754. The molecule has 0 amide bonds. The third kappa shape index (κ3) is 0.501. The second-order valence-corrected chi connectivity index (χ2v) is 2.29. The van der Waals surface area contributed by atoms with Gasteiger partial charge in [-0.05, 0) is 6.42 Å². The molecule has 1 saturated heterocycles. The molecule has 0 spiro atoms. The molecular formula is C6H8O2. The molecule has 44 valence electrons. The molecule has 1 heterocycles. The van der Waals surface area contributed by atoms with Gasteiger partial charge in [0.2, 0.25) is 0 Å². The Morgan fingerprint density at radius 1 is 1.62 bits per heavy atom. The summed E-state index contributed by atoms with van der Waals surface area (Å²) >= 11 is 0. The third-order valence-electron chi connectivity index (χ3n) is 1.66. The van der Waals surface area contributed by atoms with Gasteiger partial charge in [0, 0.05) is 0 Å². The van der Waals surface area contributed by atoms with Crippen LogP contribution >= 0.6 is 0 Å². The van der Waals surface area contributed by atoms with E-state index < -0.39 is 0 Å². The number of hydrogen-bond acceptors (Lipinski definition) is 2. The van der Waals surface area contributed by atoms with E-state index in [1.807, 2.05) is 6.08 Å². The molecule has 0 radical (unpaired) electrons. The van der Waals surface area contributed by atoms with Gasteiger partial charge >= 0.3 is 0 Å². The molecule has 0 bridgehead atoms. The van der Waals surface area contributed by atoms with Crippen LogP contribution in [-0.4, -0.2) is 23.4 Å². The minimum Gasteiger partial charge on any atom is -0.386 e. The predicted octanol–water partition coefficient (Wildman–Crippen LogP) is 0.0746. The van der Waals surface area contributed by atoms with E-state index in [0.29, 0.717) is 6.10 Å². The Hall–Kier alpha value is -0.340. The lowest BCUT2D eigenvalue weighted by atomic mass is 10.1. The van der Waals surface area contributed by atoms with E-state index in [1.165, 1.54) is 0 Å². The molecule has 2 nitrogen and oxygen atoms in total. The Morgan fingerprint density at radius 3 is 3.12 bits per heavy atom. The molecule has 1 N–H and O–H groups in total.